The van der Waals surface area contributed by atoms with Gasteiger partial charge in [-0.05, 0) is 31.5 Å². The van der Waals surface area contributed by atoms with Gasteiger partial charge in [0.1, 0.15) is 0 Å². The maximum atomic E-state index is 12.8. The van der Waals surface area contributed by atoms with E-state index in [1.807, 2.05) is 23.1 Å². The van der Waals surface area contributed by atoms with Crippen molar-refractivity contribution >= 4 is 17.5 Å². The molecule has 1 aromatic heterocycles. The number of nitrogens with zero attached hydrogens (tertiary/aromatic N) is 5. The fourth-order valence-corrected chi connectivity index (χ4v) is 3.84. The van der Waals surface area contributed by atoms with Crippen molar-refractivity contribution in [3.05, 3.63) is 41.2 Å². The number of para-hydroxylation sites is 1. The van der Waals surface area contributed by atoms with Crippen molar-refractivity contribution in [3.8, 4) is 5.69 Å². The zero-order valence-electron chi connectivity index (χ0n) is 13.4. The number of carbonyl (C=O) groups is 1. The van der Waals surface area contributed by atoms with Gasteiger partial charge < -0.3 is 4.90 Å². The molecule has 1 atom stereocenters. The summed E-state index contributed by atoms with van der Waals surface area (Å²) >= 11 is 6.18. The third kappa shape index (κ3) is 2.91. The first kappa shape index (κ1) is 15.6. The Morgan fingerprint density at radius 2 is 2.04 bits per heavy atom. The zero-order chi connectivity index (χ0) is 16.5. The van der Waals surface area contributed by atoms with Gasteiger partial charge >= 0.3 is 0 Å². The van der Waals surface area contributed by atoms with Gasteiger partial charge in [-0.15, -0.1) is 5.10 Å². The van der Waals surface area contributed by atoms with E-state index < -0.39 is 0 Å². The number of fused-ring (bicyclic) bond motifs is 1. The topological polar surface area (TPSA) is 54.3 Å². The molecule has 0 spiro atoms. The van der Waals surface area contributed by atoms with E-state index in [-0.39, 0.29) is 5.91 Å². The quantitative estimate of drug-likeness (QED) is 0.837. The van der Waals surface area contributed by atoms with Gasteiger partial charge in [0, 0.05) is 25.7 Å². The van der Waals surface area contributed by atoms with E-state index >= 15 is 0 Å². The van der Waals surface area contributed by atoms with Crippen molar-refractivity contribution in [1.29, 1.82) is 0 Å². The molecule has 2 aromatic rings. The summed E-state index contributed by atoms with van der Waals surface area (Å²) in [6.07, 6.45) is 5.37. The number of hydrogen-bond donors (Lipinski definition) is 0. The second kappa shape index (κ2) is 6.53. The van der Waals surface area contributed by atoms with Crippen LogP contribution in [0, 0.1) is 0 Å². The summed E-state index contributed by atoms with van der Waals surface area (Å²) in [6, 6.07) is 7.88. The van der Waals surface area contributed by atoms with E-state index in [1.165, 1.54) is 19.3 Å². The fourth-order valence-electron chi connectivity index (χ4n) is 3.62. The van der Waals surface area contributed by atoms with Crippen molar-refractivity contribution in [2.75, 3.05) is 26.2 Å². The van der Waals surface area contributed by atoms with Gasteiger partial charge in [-0.25, -0.2) is 4.68 Å². The molecule has 0 radical (unpaired) electrons. The van der Waals surface area contributed by atoms with Gasteiger partial charge in [0.05, 0.1) is 16.9 Å². The molecule has 3 heterocycles. The van der Waals surface area contributed by atoms with Gasteiger partial charge in [-0.1, -0.05) is 35.4 Å². The van der Waals surface area contributed by atoms with E-state index in [0.29, 0.717) is 16.8 Å². The van der Waals surface area contributed by atoms with Crippen LogP contribution in [0.15, 0.2) is 30.5 Å². The SMILES string of the molecule is O=C(c1cn(-c2ccccc2Cl)nn1)N1CCN2CCCCC2C1. The van der Waals surface area contributed by atoms with Gasteiger partial charge in [-0.2, -0.15) is 0 Å². The van der Waals surface area contributed by atoms with Crippen LogP contribution in [0.5, 0.6) is 0 Å². The van der Waals surface area contributed by atoms with Crippen LogP contribution < -0.4 is 0 Å². The minimum Gasteiger partial charge on any atom is -0.334 e. The van der Waals surface area contributed by atoms with Crippen LogP contribution in [0.25, 0.3) is 5.69 Å². The number of piperidine rings is 1. The Hall–Kier alpha value is -1.92. The Bertz CT molecular complexity index is 746. The van der Waals surface area contributed by atoms with Gasteiger partial charge in [0.2, 0.25) is 0 Å². The molecule has 24 heavy (non-hydrogen) atoms. The molecule has 0 bridgehead atoms. The lowest BCUT2D eigenvalue weighted by Gasteiger charge is -2.43. The number of piperazine rings is 1. The molecule has 0 aliphatic carbocycles. The highest BCUT2D eigenvalue weighted by molar-refractivity contribution is 6.32. The lowest BCUT2D eigenvalue weighted by Crippen LogP contribution is -2.56. The summed E-state index contributed by atoms with van der Waals surface area (Å²) < 4.78 is 1.56. The highest BCUT2D eigenvalue weighted by Gasteiger charge is 2.32. The molecule has 1 unspecified atom stereocenters. The van der Waals surface area contributed by atoms with Crippen LogP contribution in [-0.4, -0.2) is 62.9 Å². The second-order valence-corrected chi connectivity index (χ2v) is 6.84. The molecule has 126 valence electrons. The summed E-state index contributed by atoms with van der Waals surface area (Å²) in [4.78, 5) is 17.2. The molecule has 2 aliphatic heterocycles. The number of halogens is 1. The molecule has 1 aromatic carbocycles. The van der Waals surface area contributed by atoms with E-state index in [2.05, 4.69) is 15.2 Å². The zero-order valence-corrected chi connectivity index (χ0v) is 14.2. The van der Waals surface area contributed by atoms with Crippen LogP contribution in [-0.2, 0) is 0 Å². The molecule has 4 rings (SSSR count). The van der Waals surface area contributed by atoms with Crippen LogP contribution in [0.1, 0.15) is 29.8 Å². The largest absolute Gasteiger partial charge is 0.334 e. The highest BCUT2D eigenvalue weighted by Crippen LogP contribution is 2.22. The molecule has 0 saturated carbocycles. The smallest absolute Gasteiger partial charge is 0.276 e. The minimum absolute atomic E-state index is 0.0430. The highest BCUT2D eigenvalue weighted by atomic mass is 35.5. The Morgan fingerprint density at radius 3 is 2.92 bits per heavy atom. The van der Waals surface area contributed by atoms with Crippen LogP contribution >= 0.6 is 11.6 Å². The standard InChI is InChI=1S/C17H20ClN5O/c18-14-6-1-2-7-16(14)23-12-15(19-20-23)17(24)22-10-9-21-8-4-3-5-13(21)11-22/h1-2,6-7,12-13H,3-5,8-11H2. The molecule has 2 saturated heterocycles. The minimum atomic E-state index is -0.0430. The maximum Gasteiger partial charge on any atom is 0.276 e. The van der Waals surface area contributed by atoms with E-state index in [9.17, 15) is 4.79 Å². The van der Waals surface area contributed by atoms with Gasteiger partial charge in [0.25, 0.3) is 5.91 Å². The molecule has 0 N–H and O–H groups in total. The number of hydrogen-bond acceptors (Lipinski definition) is 4. The molecule has 2 fully saturated rings. The Morgan fingerprint density at radius 1 is 1.17 bits per heavy atom. The average molecular weight is 346 g/mol. The molecule has 1 amide bonds. The van der Waals surface area contributed by atoms with Crippen molar-refractivity contribution in [2.24, 2.45) is 0 Å². The average Bonchev–Trinajstić information content (AvgIpc) is 3.11. The Kier molecular flexibility index (Phi) is 4.24. The molecule has 6 nitrogen and oxygen atoms in total. The van der Waals surface area contributed by atoms with E-state index in [0.717, 1.165) is 31.9 Å². The molecular formula is C17H20ClN5O. The van der Waals surface area contributed by atoms with Crippen molar-refractivity contribution < 1.29 is 4.79 Å². The fraction of sp³-hybridized carbons (Fsp3) is 0.471. The summed E-state index contributed by atoms with van der Waals surface area (Å²) in [5, 5.41) is 8.71. The number of aromatic nitrogens is 3. The maximum absolute atomic E-state index is 12.8. The normalized spacial score (nSPS) is 21.5. The lowest BCUT2D eigenvalue weighted by molar-refractivity contribution is 0.0368. The lowest BCUT2D eigenvalue weighted by atomic mass is 9.99. The summed E-state index contributed by atoms with van der Waals surface area (Å²) in [5.74, 6) is -0.0430. The van der Waals surface area contributed by atoms with Gasteiger partial charge in [-0.3, -0.25) is 9.69 Å². The van der Waals surface area contributed by atoms with E-state index in [1.54, 1.807) is 16.9 Å². The predicted octanol–water partition coefficient (Wildman–Crippen LogP) is 2.23. The van der Waals surface area contributed by atoms with Crippen LogP contribution in [0.3, 0.4) is 0 Å². The van der Waals surface area contributed by atoms with E-state index in [4.69, 9.17) is 11.6 Å². The molecular weight excluding hydrogens is 326 g/mol. The Balaban J connectivity index is 1.50. The number of rotatable bonds is 2. The van der Waals surface area contributed by atoms with Crippen molar-refractivity contribution in [2.45, 2.75) is 25.3 Å². The molecule has 2 aliphatic rings. The Labute approximate surface area is 146 Å². The van der Waals surface area contributed by atoms with Crippen LogP contribution in [0.2, 0.25) is 5.02 Å². The third-order valence-corrected chi connectivity index (χ3v) is 5.26. The first-order chi connectivity index (χ1) is 11.7. The number of benzene rings is 1. The first-order valence-electron chi connectivity index (χ1n) is 8.43. The summed E-state index contributed by atoms with van der Waals surface area (Å²) in [6.45, 7) is 3.66. The predicted molar refractivity (Wildman–Crippen MR) is 91.5 cm³/mol. The second-order valence-electron chi connectivity index (χ2n) is 6.44. The molecule has 7 heteroatoms. The summed E-state index contributed by atoms with van der Waals surface area (Å²) in [5.41, 5.74) is 1.10. The van der Waals surface area contributed by atoms with Crippen molar-refractivity contribution in [3.63, 3.8) is 0 Å². The first-order valence-corrected chi connectivity index (χ1v) is 8.81. The number of amides is 1. The number of carbonyl (C=O) groups excluding carboxylic acids is 1. The van der Waals surface area contributed by atoms with Crippen molar-refractivity contribution in [1.82, 2.24) is 24.8 Å². The van der Waals surface area contributed by atoms with Crippen LogP contribution in [0.4, 0.5) is 0 Å². The van der Waals surface area contributed by atoms with Gasteiger partial charge in [0.15, 0.2) is 5.69 Å². The summed E-state index contributed by atoms with van der Waals surface area (Å²) in [7, 11) is 0. The third-order valence-electron chi connectivity index (χ3n) is 4.94. The monoisotopic (exact) mass is 345 g/mol.